The predicted octanol–water partition coefficient (Wildman–Crippen LogP) is -0.175. The van der Waals surface area contributed by atoms with Crippen LogP contribution in [0.25, 0.3) is 0 Å². The molecule has 0 amide bonds. The quantitative estimate of drug-likeness (QED) is 0.0678. The number of esters is 1. The van der Waals surface area contributed by atoms with Crippen LogP contribution in [0.15, 0.2) is 0 Å². The van der Waals surface area contributed by atoms with E-state index < -0.39 is 105 Å². The van der Waals surface area contributed by atoms with Crippen molar-refractivity contribution in [1.82, 2.24) is 0 Å². The summed E-state index contributed by atoms with van der Waals surface area (Å²) in [5.41, 5.74) is 0. The average Bonchev–Trinajstić information content (AvgIpc) is 3.25. The maximum atomic E-state index is 12.8. The van der Waals surface area contributed by atoms with E-state index in [1.807, 2.05) is 0 Å². The van der Waals surface area contributed by atoms with E-state index in [4.69, 9.17) is 22.0 Å². The van der Waals surface area contributed by atoms with Crippen molar-refractivity contribution in [2.45, 2.75) is 140 Å². The first-order valence-corrected chi connectivity index (χ1v) is 22.7. The van der Waals surface area contributed by atoms with Crippen molar-refractivity contribution in [3.8, 4) is 0 Å². The van der Waals surface area contributed by atoms with Crippen molar-refractivity contribution < 1.29 is 67.4 Å². The van der Waals surface area contributed by atoms with Gasteiger partial charge >= 0.3 is 201 Å². The number of carbonyl (C=O) groups is 2. The van der Waals surface area contributed by atoms with Gasteiger partial charge in [0.1, 0.15) is 24.9 Å². The number of aliphatic hydroxyl groups is 7. The number of rotatable bonds is 19. The van der Waals surface area contributed by atoms with Crippen molar-refractivity contribution in [1.29, 1.82) is 0 Å². The number of unbranched alkanes of at least 4 members (excludes halogenated alkanes) is 3. The second kappa shape index (κ2) is 18.5. The number of carbonyl (C=O) groups excluding carboxylic acids is 2. The van der Waals surface area contributed by atoms with E-state index in [9.17, 15) is 45.3 Å². The van der Waals surface area contributed by atoms with Gasteiger partial charge in [-0.25, -0.2) is 0 Å². The molecule has 2 aliphatic rings. The first-order chi connectivity index (χ1) is 20.4. The number of hydrogen-bond donors (Lipinski definition) is 7. The van der Waals surface area contributed by atoms with E-state index >= 15 is 0 Å². The topological polar surface area (TPSA) is 222 Å². The van der Waals surface area contributed by atoms with E-state index in [1.165, 1.54) is 0 Å². The fraction of sp³-hybridized carbons (Fsp3) is 0.929. The zero-order valence-electron chi connectivity index (χ0n) is 25.5. The molecule has 2 fully saturated rings. The van der Waals surface area contributed by atoms with Crippen LogP contribution in [0.1, 0.15) is 72.1 Å². The molecule has 9 atom stereocenters. The van der Waals surface area contributed by atoms with E-state index in [0.717, 1.165) is 51.8 Å². The van der Waals surface area contributed by atoms with Crippen LogP contribution in [0.2, 0.25) is 13.3 Å². The van der Waals surface area contributed by atoms with Gasteiger partial charge < -0.3 is 25.2 Å². The third-order valence-electron chi connectivity index (χ3n) is 8.12. The molecular weight excluding hydrogens is 679 g/mol. The number of hydrogen-bond acceptors (Lipinski definition) is 14. The fourth-order valence-electron chi connectivity index (χ4n) is 5.39. The summed E-state index contributed by atoms with van der Waals surface area (Å²) in [4.78, 5) is 25.3. The summed E-state index contributed by atoms with van der Waals surface area (Å²) in [5, 5.41) is 70.8. The summed E-state index contributed by atoms with van der Waals surface area (Å²) in [5.74, 6) is -3.50. The van der Waals surface area contributed by atoms with E-state index in [2.05, 4.69) is 20.8 Å². The summed E-state index contributed by atoms with van der Waals surface area (Å²) in [6, 6.07) is 0. The van der Waals surface area contributed by atoms with Crippen molar-refractivity contribution in [2.24, 2.45) is 0 Å². The Kier molecular flexibility index (Phi) is 16.6. The Morgan fingerprint density at radius 2 is 1.33 bits per heavy atom. The summed E-state index contributed by atoms with van der Waals surface area (Å²) in [6.45, 7) is 4.02. The predicted molar refractivity (Wildman–Crippen MR) is 153 cm³/mol. The molecule has 252 valence electrons. The van der Waals surface area contributed by atoms with Gasteiger partial charge in [-0.15, -0.1) is 0 Å². The molecule has 0 aromatic heterocycles. The van der Waals surface area contributed by atoms with Crippen LogP contribution in [0.3, 0.4) is 0 Å². The second-order valence-corrected chi connectivity index (χ2v) is 23.1. The third kappa shape index (κ3) is 10.4. The van der Waals surface area contributed by atoms with Crippen molar-refractivity contribution in [3.63, 3.8) is 0 Å². The van der Waals surface area contributed by atoms with Crippen LogP contribution in [0.4, 0.5) is 0 Å². The monoisotopic (exact) mass is 732 g/mol. The zero-order valence-corrected chi connectivity index (χ0v) is 28.4. The molecule has 0 aliphatic carbocycles. The van der Waals surface area contributed by atoms with Gasteiger partial charge in [-0.1, -0.05) is 0 Å². The summed E-state index contributed by atoms with van der Waals surface area (Å²) < 4.78 is 30.5. The maximum absolute atomic E-state index is 12.8. The molecule has 0 unspecified atom stereocenters. The molecule has 0 aromatic rings. The van der Waals surface area contributed by atoms with E-state index in [1.54, 1.807) is 0 Å². The molecule has 0 saturated carbocycles. The van der Waals surface area contributed by atoms with Gasteiger partial charge in [-0.2, -0.15) is 0 Å². The van der Waals surface area contributed by atoms with Crippen LogP contribution in [-0.2, 0) is 31.6 Å². The molecule has 7 N–H and O–H groups in total. The molecular formula is C28H52O14Sn. The van der Waals surface area contributed by atoms with Gasteiger partial charge in [0, 0.05) is 0 Å². The van der Waals surface area contributed by atoms with E-state index in [0.29, 0.717) is 0 Å². The van der Waals surface area contributed by atoms with Crippen molar-refractivity contribution in [3.05, 3.63) is 0 Å². The molecule has 0 spiro atoms. The first-order valence-electron chi connectivity index (χ1n) is 15.4. The molecule has 15 heteroatoms. The van der Waals surface area contributed by atoms with Crippen LogP contribution in [0, 0.1) is 0 Å². The Bertz CT molecular complexity index is 827. The van der Waals surface area contributed by atoms with Gasteiger partial charge in [0.05, 0.1) is 6.61 Å². The Balaban J connectivity index is 1.97. The molecule has 0 radical (unpaired) electrons. The van der Waals surface area contributed by atoms with Crippen molar-refractivity contribution >= 4 is 30.7 Å². The second-order valence-electron chi connectivity index (χ2n) is 11.5. The van der Waals surface area contributed by atoms with Crippen LogP contribution in [-0.4, -0.2) is 141 Å². The molecule has 2 rings (SSSR count). The molecule has 43 heavy (non-hydrogen) atoms. The van der Waals surface area contributed by atoms with E-state index in [-0.39, 0.29) is 12.8 Å². The average molecular weight is 731 g/mol. The zero-order chi connectivity index (χ0) is 32.2. The van der Waals surface area contributed by atoms with Crippen LogP contribution < -0.4 is 0 Å². The Morgan fingerprint density at radius 1 is 0.767 bits per heavy atom. The fourth-order valence-corrected chi connectivity index (χ4v) is 18.6. The van der Waals surface area contributed by atoms with Gasteiger partial charge in [-0.05, 0) is 0 Å². The molecule has 14 nitrogen and oxygen atoms in total. The molecule has 2 heterocycles. The van der Waals surface area contributed by atoms with Gasteiger partial charge in [0.2, 0.25) is 0 Å². The third-order valence-corrected chi connectivity index (χ3v) is 20.8. The molecule has 0 bridgehead atoms. The molecule has 2 saturated heterocycles. The minimum absolute atomic E-state index is 0.161. The van der Waals surface area contributed by atoms with Gasteiger partial charge in [-0.3, -0.25) is 0 Å². The normalized spacial score (nSPS) is 33.0. The van der Waals surface area contributed by atoms with Crippen molar-refractivity contribution in [2.75, 3.05) is 19.8 Å². The SMILES string of the molecule is CCC[CH2][Sn]([CH2]CCC)([CH2]CCC)[O]C(=O)CCC(=O)OC[C@H]1O[C@H](O[C@]2(CO)O[C@H](CO)[C@@H](O)[C@@H]2O)[C@H](O)[C@@H](O)[C@@H]1O. The summed E-state index contributed by atoms with van der Waals surface area (Å²) in [7, 11) is 0. The van der Waals surface area contributed by atoms with Crippen LogP contribution in [0.5, 0.6) is 0 Å². The Morgan fingerprint density at radius 3 is 1.81 bits per heavy atom. The number of aliphatic hydroxyl groups excluding tert-OH is 7. The summed E-state index contributed by atoms with van der Waals surface area (Å²) in [6.07, 6.45) is -7.81. The standard InChI is InChI=1S/C16H26O14.3C4H9.Sn/c17-3-6-11(23)14(26)16(5-18,29-6)30-15-13(25)12(24)10(22)7(28-15)4-27-9(21)2-1-8(19)20;3*1-3-4-2;/h6-7,10-15,17-18,22-26H,1-5H2,(H,19,20);3*1,3-4H2,2H3;/q;;;;+1/p-1/t6-,7-,10-,11-,12+,13-,14+,15-,16+;;;;/m1..../s1. The Labute approximate surface area is 257 Å². The van der Waals surface area contributed by atoms with Gasteiger partial charge in [0.15, 0.2) is 0 Å². The Hall–Kier alpha value is -0.661. The van der Waals surface area contributed by atoms with Crippen LogP contribution >= 0.6 is 0 Å². The molecule has 2 aliphatic heterocycles. The molecule has 0 aromatic carbocycles. The first kappa shape index (κ1) is 38.5. The summed E-state index contributed by atoms with van der Waals surface area (Å²) >= 11 is -3.20. The minimum atomic E-state index is -3.20. The van der Waals surface area contributed by atoms with Gasteiger partial charge in [0.25, 0.3) is 0 Å². The number of ether oxygens (including phenoxy) is 4.